The summed E-state index contributed by atoms with van der Waals surface area (Å²) in [6, 6.07) is 7.32. The van der Waals surface area contributed by atoms with Gasteiger partial charge in [0.2, 0.25) is 35.2 Å². The molecule has 1 saturated heterocycles. The average molecular weight is 1140 g/mol. The number of aliphatic hydroxyl groups is 1. The Labute approximate surface area is 481 Å². The number of rotatable bonds is 42. The maximum absolute atomic E-state index is 14.7. The summed E-state index contributed by atoms with van der Waals surface area (Å²) >= 11 is 0. The average Bonchev–Trinajstić information content (AvgIpc) is 4.02. The van der Waals surface area contributed by atoms with Gasteiger partial charge in [0, 0.05) is 98.6 Å². The van der Waals surface area contributed by atoms with E-state index in [1.54, 1.807) is 30.8 Å². The van der Waals surface area contributed by atoms with Crippen LogP contribution in [0.1, 0.15) is 131 Å². The minimum atomic E-state index is -1.06. The molecule has 0 aromatic heterocycles. The Bertz CT molecular complexity index is 2200. The highest BCUT2D eigenvalue weighted by atomic mass is 16.5. The van der Waals surface area contributed by atoms with Gasteiger partial charge in [-0.15, -0.1) is 0 Å². The Morgan fingerprint density at radius 1 is 0.728 bits per heavy atom. The molecule has 0 aliphatic carbocycles. The Balaban J connectivity index is 1.98. The summed E-state index contributed by atoms with van der Waals surface area (Å²) < 4.78 is 28.1. The van der Waals surface area contributed by atoms with Crippen LogP contribution in [0, 0.1) is 47.3 Å². The number of nitrogens with zero attached hydrogens (tertiary/aromatic N) is 3. The smallest absolute Gasteiger partial charge is 0.307 e. The number of benzene rings is 1. The van der Waals surface area contributed by atoms with Crippen molar-refractivity contribution in [3.63, 3.8) is 0 Å². The standard InChI is InChI=1S/C61H96N4O16/c1-12-43(6)58(53(77-10)40-56(73)65-29-16-23-50(65)59(78-11)44(7)51(69)38-46(61(75)76)37-45-19-14-13-15-20-45)64(9)60(74)49(41(2)3)39-52(70)57(42(4)5)63(8)55(72)27-34-80-32-18-22-48(68)25-24-47(67)21-17-31-79-33-26-54(71)62-28-35-81-36-30-66/h13-15,19-20,41-44,46,49-50,53,57-59,66H,12,16-18,21-23,26-40H2,1-11H3,(H,62,71)(H,75,76)/t43?,44-,46+,49-,50-,53?,57-,58-,59+/m0/s1. The molecule has 0 radical (unpaired) electrons. The number of Topliss-reactive ketones (excluding diaryl/α,β-unsaturated/α-hetero) is 4. The van der Waals surface area contributed by atoms with Gasteiger partial charge >= 0.3 is 5.97 Å². The van der Waals surface area contributed by atoms with Crippen LogP contribution in [-0.2, 0) is 73.3 Å². The van der Waals surface area contributed by atoms with E-state index in [1.807, 2.05) is 71.9 Å². The molecule has 20 heteroatoms. The topological polar surface area (TPSA) is 262 Å². The molecular weight excluding hydrogens is 1040 g/mol. The lowest BCUT2D eigenvalue weighted by Crippen LogP contribution is -2.54. The molecule has 20 nitrogen and oxygen atoms in total. The zero-order valence-electron chi connectivity index (χ0n) is 50.2. The zero-order chi connectivity index (χ0) is 60.6. The summed E-state index contributed by atoms with van der Waals surface area (Å²) in [6.07, 6.45) is 1.30. The molecule has 1 aliphatic heterocycles. The van der Waals surface area contributed by atoms with E-state index in [9.17, 15) is 48.3 Å². The minimum Gasteiger partial charge on any atom is -0.481 e. The minimum absolute atomic E-state index is 0.0272. The number of carboxylic acids is 1. The zero-order valence-corrected chi connectivity index (χ0v) is 50.2. The number of aliphatic carboxylic acids is 1. The third kappa shape index (κ3) is 25.3. The largest absolute Gasteiger partial charge is 0.481 e. The van der Waals surface area contributed by atoms with Crippen molar-refractivity contribution in [1.29, 1.82) is 0 Å². The van der Waals surface area contributed by atoms with Crippen LogP contribution in [0.3, 0.4) is 0 Å². The molecular formula is C61H96N4O16. The highest BCUT2D eigenvalue weighted by molar-refractivity contribution is 6.04. The molecule has 1 aromatic carbocycles. The van der Waals surface area contributed by atoms with Crippen LogP contribution in [-0.4, -0.2) is 196 Å². The summed E-state index contributed by atoms with van der Waals surface area (Å²) in [6.45, 7) is 15.0. The molecule has 0 bridgehead atoms. The van der Waals surface area contributed by atoms with Crippen LogP contribution in [0.15, 0.2) is 30.3 Å². The second-order valence-corrected chi connectivity index (χ2v) is 21.9. The molecule has 9 atom stereocenters. The van der Waals surface area contributed by atoms with Crippen molar-refractivity contribution in [2.45, 2.75) is 162 Å². The van der Waals surface area contributed by atoms with Crippen LogP contribution < -0.4 is 5.32 Å². The number of ether oxygens (including phenoxy) is 5. The maximum Gasteiger partial charge on any atom is 0.307 e. The van der Waals surface area contributed by atoms with Gasteiger partial charge in [-0.2, -0.15) is 0 Å². The van der Waals surface area contributed by atoms with E-state index in [0.29, 0.717) is 51.8 Å². The van der Waals surface area contributed by atoms with E-state index in [4.69, 9.17) is 28.8 Å². The third-order valence-corrected chi connectivity index (χ3v) is 15.3. The fraction of sp³-hybridized carbons (Fsp3) is 0.721. The quantitative estimate of drug-likeness (QED) is 0.0434. The molecule has 4 amide bonds. The summed E-state index contributed by atoms with van der Waals surface area (Å²) in [7, 11) is 6.26. The van der Waals surface area contributed by atoms with E-state index >= 15 is 0 Å². The number of likely N-dealkylation sites (tertiary alicyclic amines) is 1. The van der Waals surface area contributed by atoms with Crippen molar-refractivity contribution in [1.82, 2.24) is 20.0 Å². The summed E-state index contributed by atoms with van der Waals surface area (Å²) in [5.41, 5.74) is 0.818. The van der Waals surface area contributed by atoms with Gasteiger partial charge in [0.05, 0.1) is 82.1 Å². The van der Waals surface area contributed by atoms with Gasteiger partial charge in [-0.25, -0.2) is 0 Å². The number of ketones is 4. The van der Waals surface area contributed by atoms with Gasteiger partial charge in [0.25, 0.3) is 0 Å². The molecule has 3 N–H and O–H groups in total. The first-order valence-electron chi connectivity index (χ1n) is 28.9. The fourth-order valence-electron chi connectivity index (χ4n) is 10.5. The van der Waals surface area contributed by atoms with Crippen LogP contribution in [0.5, 0.6) is 0 Å². The molecule has 1 fully saturated rings. The molecule has 0 saturated carbocycles. The van der Waals surface area contributed by atoms with Crippen LogP contribution in [0.2, 0.25) is 0 Å². The van der Waals surface area contributed by atoms with Gasteiger partial charge < -0.3 is 53.9 Å². The second kappa shape index (κ2) is 39.1. The molecule has 1 aliphatic rings. The third-order valence-electron chi connectivity index (χ3n) is 15.3. The SMILES string of the molecule is CCC(C)[C@@H](C(CC(=O)N1CCC[C@H]1[C@H](OC)[C@@H](C)C(=O)C[C@@H](Cc1ccccc1)C(=O)O)OC)N(C)C(=O)[C@@H](CC(=O)[C@H](C(C)C)N(C)C(=O)CCOCCCC(=O)C#CC(=O)CCCOCCC(=O)NCCOCCO)C(C)C. The monoisotopic (exact) mass is 1140 g/mol. The van der Waals surface area contributed by atoms with Crippen LogP contribution in [0.4, 0.5) is 0 Å². The Morgan fingerprint density at radius 3 is 1.88 bits per heavy atom. The van der Waals surface area contributed by atoms with Gasteiger partial charge in [-0.1, -0.05) is 85.2 Å². The van der Waals surface area contributed by atoms with Gasteiger partial charge in [0.15, 0.2) is 5.78 Å². The highest BCUT2D eigenvalue weighted by Gasteiger charge is 2.44. The van der Waals surface area contributed by atoms with Gasteiger partial charge in [-0.05, 0) is 67.3 Å². The number of aliphatic hydroxyl groups excluding tert-OH is 1. The summed E-state index contributed by atoms with van der Waals surface area (Å²) in [5, 5.41) is 21.4. The van der Waals surface area contributed by atoms with Crippen molar-refractivity contribution in [3.05, 3.63) is 35.9 Å². The van der Waals surface area contributed by atoms with Gasteiger partial charge in [-0.3, -0.25) is 43.2 Å². The van der Waals surface area contributed by atoms with Crippen molar-refractivity contribution in [3.8, 4) is 11.8 Å². The number of hydrogen-bond acceptors (Lipinski definition) is 15. The first-order valence-corrected chi connectivity index (χ1v) is 28.9. The molecule has 0 spiro atoms. The number of amides is 4. The number of hydrogen-bond donors (Lipinski definition) is 3. The van der Waals surface area contributed by atoms with Gasteiger partial charge in [0.1, 0.15) is 5.78 Å². The Morgan fingerprint density at radius 2 is 1.33 bits per heavy atom. The summed E-state index contributed by atoms with van der Waals surface area (Å²) in [4.78, 5) is 124. The first kappa shape index (κ1) is 71.7. The number of likely N-dealkylation sites (N-methyl/N-ethyl adjacent to an activating group) is 2. The van der Waals surface area contributed by atoms with E-state index in [0.717, 1.165) is 5.56 Å². The van der Waals surface area contributed by atoms with Crippen molar-refractivity contribution in [2.24, 2.45) is 35.5 Å². The van der Waals surface area contributed by atoms with E-state index < -0.39 is 65.6 Å². The molecule has 2 unspecified atom stereocenters. The number of carbonyl (C=O) groups excluding carboxylic acids is 8. The molecule has 81 heavy (non-hydrogen) atoms. The van der Waals surface area contributed by atoms with Crippen LogP contribution >= 0.6 is 0 Å². The lowest BCUT2D eigenvalue weighted by atomic mass is 9.83. The van der Waals surface area contributed by atoms with E-state index in [-0.39, 0.29) is 144 Å². The lowest BCUT2D eigenvalue weighted by Gasteiger charge is -2.41. The number of carboxylic acid groups (broad SMARTS) is 1. The van der Waals surface area contributed by atoms with Crippen molar-refractivity contribution in [2.75, 3.05) is 87.7 Å². The van der Waals surface area contributed by atoms with E-state index in [1.165, 1.54) is 19.1 Å². The summed E-state index contributed by atoms with van der Waals surface area (Å²) in [5.74, 6) is -1.79. The number of carbonyl (C=O) groups is 9. The maximum atomic E-state index is 14.7. The Kier molecular flexibility index (Phi) is 34.6. The van der Waals surface area contributed by atoms with E-state index in [2.05, 4.69) is 17.2 Å². The first-order chi connectivity index (χ1) is 38.5. The predicted octanol–water partition coefficient (Wildman–Crippen LogP) is 5.16. The van der Waals surface area contributed by atoms with Crippen molar-refractivity contribution < 1.29 is 77.0 Å². The second-order valence-electron chi connectivity index (χ2n) is 21.9. The molecule has 1 heterocycles. The lowest BCUT2D eigenvalue weighted by molar-refractivity contribution is -0.150. The number of nitrogens with one attached hydrogen (secondary N) is 1. The predicted molar refractivity (Wildman–Crippen MR) is 304 cm³/mol. The molecule has 1 aromatic rings. The molecule has 456 valence electrons. The fourth-order valence-corrected chi connectivity index (χ4v) is 10.5. The molecule has 2 rings (SSSR count). The normalized spacial score (nSPS) is 16.3. The Hall–Kier alpha value is -5.43. The number of methoxy groups -OCH3 is 2. The highest BCUT2D eigenvalue weighted by Crippen LogP contribution is 2.32. The van der Waals surface area contributed by atoms with Crippen LogP contribution in [0.25, 0.3) is 0 Å². The van der Waals surface area contributed by atoms with Crippen molar-refractivity contribution >= 4 is 52.7 Å².